The SMILES string of the molecule is CC(C)(C)OC(=O)C[C@@H](Cc1ccc(I)cc1)[C@@H](O)CNCc1c(F)cc(-c2cn(C(F)F)cn2)cc1F. The van der Waals surface area contributed by atoms with Crippen LogP contribution in [-0.2, 0) is 22.5 Å². The normalized spacial score (nSPS) is 13.5. The first-order chi connectivity index (χ1) is 17.8. The molecule has 0 aliphatic rings. The topological polar surface area (TPSA) is 76.4 Å². The highest BCUT2D eigenvalue weighted by molar-refractivity contribution is 14.1. The van der Waals surface area contributed by atoms with E-state index in [-0.39, 0.29) is 36.3 Å². The summed E-state index contributed by atoms with van der Waals surface area (Å²) >= 11 is 2.19. The number of esters is 1. The molecule has 2 aromatic carbocycles. The minimum Gasteiger partial charge on any atom is -0.460 e. The predicted molar refractivity (Wildman–Crippen MR) is 143 cm³/mol. The Bertz CT molecular complexity index is 1210. The molecule has 0 aliphatic carbocycles. The lowest BCUT2D eigenvalue weighted by Gasteiger charge is -2.26. The second-order valence-electron chi connectivity index (χ2n) is 9.98. The largest absolute Gasteiger partial charge is 0.460 e. The molecule has 0 bridgehead atoms. The summed E-state index contributed by atoms with van der Waals surface area (Å²) < 4.78 is 62.0. The molecular formula is C27H30F4IN3O3. The van der Waals surface area contributed by atoms with Crippen molar-refractivity contribution in [3.63, 3.8) is 0 Å². The van der Waals surface area contributed by atoms with Gasteiger partial charge in [-0.25, -0.2) is 13.8 Å². The smallest absolute Gasteiger partial charge is 0.319 e. The molecule has 2 N–H and O–H groups in total. The highest BCUT2D eigenvalue weighted by Gasteiger charge is 2.26. The molecule has 3 rings (SSSR count). The monoisotopic (exact) mass is 647 g/mol. The molecule has 11 heteroatoms. The molecule has 1 heterocycles. The number of aliphatic hydroxyl groups is 1. The maximum Gasteiger partial charge on any atom is 0.319 e. The van der Waals surface area contributed by atoms with Crippen LogP contribution in [0.15, 0.2) is 48.9 Å². The van der Waals surface area contributed by atoms with Crippen LogP contribution < -0.4 is 5.32 Å². The van der Waals surface area contributed by atoms with E-state index in [1.54, 1.807) is 20.8 Å². The number of ether oxygens (including phenoxy) is 1. The third kappa shape index (κ3) is 8.77. The maximum absolute atomic E-state index is 14.7. The fourth-order valence-electron chi connectivity index (χ4n) is 3.89. The third-order valence-electron chi connectivity index (χ3n) is 5.72. The quantitative estimate of drug-likeness (QED) is 0.155. The number of benzene rings is 2. The summed E-state index contributed by atoms with van der Waals surface area (Å²) in [5.74, 6) is -2.70. The Morgan fingerprint density at radius 1 is 1.16 bits per heavy atom. The van der Waals surface area contributed by atoms with Gasteiger partial charge in [-0.2, -0.15) is 8.78 Å². The number of halogens is 5. The van der Waals surface area contributed by atoms with Gasteiger partial charge in [0.1, 0.15) is 17.2 Å². The van der Waals surface area contributed by atoms with Crippen LogP contribution in [0, 0.1) is 21.1 Å². The molecule has 38 heavy (non-hydrogen) atoms. The number of imidazole rings is 1. The molecule has 6 nitrogen and oxygen atoms in total. The van der Waals surface area contributed by atoms with Crippen molar-refractivity contribution in [2.45, 2.75) is 58.4 Å². The Morgan fingerprint density at radius 2 is 1.79 bits per heavy atom. The number of carbonyl (C=O) groups is 1. The van der Waals surface area contributed by atoms with Gasteiger partial charge in [0, 0.05) is 39.9 Å². The van der Waals surface area contributed by atoms with Gasteiger partial charge in [-0.3, -0.25) is 9.36 Å². The van der Waals surface area contributed by atoms with E-state index in [4.69, 9.17) is 4.74 Å². The van der Waals surface area contributed by atoms with Gasteiger partial charge in [-0.15, -0.1) is 0 Å². The van der Waals surface area contributed by atoms with Crippen molar-refractivity contribution in [1.82, 2.24) is 14.9 Å². The van der Waals surface area contributed by atoms with Gasteiger partial charge in [-0.1, -0.05) is 12.1 Å². The van der Waals surface area contributed by atoms with Gasteiger partial charge in [0.2, 0.25) is 0 Å². The van der Waals surface area contributed by atoms with E-state index in [0.29, 0.717) is 11.0 Å². The summed E-state index contributed by atoms with van der Waals surface area (Å²) in [5, 5.41) is 13.8. The summed E-state index contributed by atoms with van der Waals surface area (Å²) in [4.78, 5) is 16.3. The number of nitrogens with one attached hydrogen (secondary N) is 1. The van der Waals surface area contributed by atoms with Crippen LogP contribution in [0.1, 0.15) is 44.9 Å². The Kier molecular flexibility index (Phi) is 10.3. The lowest BCUT2D eigenvalue weighted by Crippen LogP contribution is -2.36. The predicted octanol–water partition coefficient (Wildman–Crippen LogP) is 5.87. The van der Waals surface area contributed by atoms with Gasteiger partial charge >= 0.3 is 12.5 Å². The van der Waals surface area contributed by atoms with E-state index in [0.717, 1.165) is 33.8 Å². The molecule has 1 aromatic heterocycles. The van der Waals surface area contributed by atoms with Gasteiger partial charge in [0.15, 0.2) is 0 Å². The number of hydrogen-bond donors (Lipinski definition) is 2. The average Bonchev–Trinajstić information content (AvgIpc) is 3.31. The molecule has 2 atom stereocenters. The van der Waals surface area contributed by atoms with Crippen LogP contribution >= 0.6 is 22.6 Å². The molecule has 0 aliphatic heterocycles. The molecular weight excluding hydrogens is 617 g/mol. The van der Waals surface area contributed by atoms with Crippen LogP contribution in [0.2, 0.25) is 0 Å². The first-order valence-electron chi connectivity index (χ1n) is 12.0. The lowest BCUT2D eigenvalue weighted by molar-refractivity contribution is -0.157. The van der Waals surface area contributed by atoms with Crippen LogP contribution in [0.5, 0.6) is 0 Å². The highest BCUT2D eigenvalue weighted by Crippen LogP contribution is 2.25. The number of hydrogen-bond acceptors (Lipinski definition) is 5. The molecule has 0 fully saturated rings. The van der Waals surface area contributed by atoms with Crippen molar-refractivity contribution >= 4 is 28.6 Å². The van der Waals surface area contributed by atoms with Gasteiger partial charge in [0.05, 0.1) is 24.5 Å². The second-order valence-corrected chi connectivity index (χ2v) is 11.2. The molecule has 3 aromatic rings. The molecule has 0 saturated heterocycles. The van der Waals surface area contributed by atoms with Crippen molar-refractivity contribution in [2.24, 2.45) is 5.92 Å². The Hall–Kier alpha value is -2.51. The molecule has 0 amide bonds. The van der Waals surface area contributed by atoms with Crippen molar-refractivity contribution in [3.8, 4) is 11.3 Å². The van der Waals surface area contributed by atoms with E-state index in [1.807, 2.05) is 24.3 Å². The molecule has 206 valence electrons. The van der Waals surface area contributed by atoms with Crippen molar-refractivity contribution in [2.75, 3.05) is 6.54 Å². The molecule has 0 saturated carbocycles. The van der Waals surface area contributed by atoms with Gasteiger partial charge in [0.25, 0.3) is 0 Å². The zero-order valence-corrected chi connectivity index (χ0v) is 23.4. The number of carbonyl (C=O) groups excluding carboxylic acids is 1. The van der Waals surface area contributed by atoms with E-state index in [9.17, 15) is 27.5 Å². The standard InChI is InChI=1S/C27H30F4IN3O3/c1-27(2,3)38-25(37)11-18(8-16-4-6-19(32)7-5-16)24(36)13-33-12-20-21(28)9-17(10-22(20)29)23-14-35(15-34-23)26(30)31/h4-7,9-10,14-15,18,24,26,33,36H,8,11-13H2,1-3H3/t18-,24+/m1/s1. The lowest BCUT2D eigenvalue weighted by atomic mass is 9.90. The van der Waals surface area contributed by atoms with Crippen LogP contribution in [-0.4, -0.2) is 38.9 Å². The number of alkyl halides is 2. The first kappa shape index (κ1) is 30.0. The number of nitrogens with zero attached hydrogens (tertiary/aromatic N) is 2. The Morgan fingerprint density at radius 3 is 2.34 bits per heavy atom. The second kappa shape index (κ2) is 13.0. The van der Waals surface area contributed by atoms with E-state index in [1.165, 1.54) is 0 Å². The fourth-order valence-corrected chi connectivity index (χ4v) is 4.25. The van der Waals surface area contributed by atoms with Crippen LogP contribution in [0.3, 0.4) is 0 Å². The molecule has 0 unspecified atom stereocenters. The summed E-state index contributed by atoms with van der Waals surface area (Å²) in [6, 6.07) is 9.74. The summed E-state index contributed by atoms with van der Waals surface area (Å²) in [6.07, 6.45) is 1.25. The Balaban J connectivity index is 1.67. The fraction of sp³-hybridized carbons (Fsp3) is 0.407. The van der Waals surface area contributed by atoms with Crippen LogP contribution in [0.4, 0.5) is 17.6 Å². The zero-order chi connectivity index (χ0) is 28.0. The summed E-state index contributed by atoms with van der Waals surface area (Å²) in [7, 11) is 0. The van der Waals surface area contributed by atoms with Crippen molar-refractivity contribution < 1.29 is 32.2 Å². The van der Waals surface area contributed by atoms with Crippen molar-refractivity contribution in [1.29, 1.82) is 0 Å². The van der Waals surface area contributed by atoms with Crippen LogP contribution in [0.25, 0.3) is 11.3 Å². The Labute approximate surface area is 232 Å². The summed E-state index contributed by atoms with van der Waals surface area (Å²) in [6.45, 7) is 2.20. The highest BCUT2D eigenvalue weighted by atomic mass is 127. The maximum atomic E-state index is 14.7. The zero-order valence-electron chi connectivity index (χ0n) is 21.2. The van der Waals surface area contributed by atoms with Crippen molar-refractivity contribution in [3.05, 3.63) is 75.3 Å². The number of rotatable bonds is 11. The number of aliphatic hydroxyl groups excluding tert-OH is 1. The van der Waals surface area contributed by atoms with Gasteiger partial charge in [-0.05, 0) is 79.6 Å². The average molecular weight is 647 g/mol. The van der Waals surface area contributed by atoms with Gasteiger partial charge < -0.3 is 15.2 Å². The summed E-state index contributed by atoms with van der Waals surface area (Å²) in [5.41, 5.74) is 0.0271. The van der Waals surface area contributed by atoms with E-state index < -0.39 is 41.8 Å². The molecule has 0 spiro atoms. The minimum absolute atomic E-state index is 0.0126. The van der Waals surface area contributed by atoms with E-state index in [2.05, 4.69) is 32.9 Å². The number of aromatic nitrogens is 2. The third-order valence-corrected chi connectivity index (χ3v) is 6.44. The van der Waals surface area contributed by atoms with E-state index >= 15 is 0 Å². The molecule has 0 radical (unpaired) electrons. The minimum atomic E-state index is -2.81. The first-order valence-corrected chi connectivity index (χ1v) is 13.0.